The van der Waals surface area contributed by atoms with Gasteiger partial charge in [0.1, 0.15) is 0 Å². The highest BCUT2D eigenvalue weighted by Gasteiger charge is 2.64. The molecule has 1 N–H and O–H groups in total. The zero-order valence-electron chi connectivity index (χ0n) is 12.2. The number of anilines is 1. The van der Waals surface area contributed by atoms with Crippen LogP contribution in [0.2, 0.25) is 0 Å². The lowest BCUT2D eigenvalue weighted by Gasteiger charge is -2.11. The van der Waals surface area contributed by atoms with Gasteiger partial charge in [0, 0.05) is 11.7 Å². The monoisotopic (exact) mass is 321 g/mol. The van der Waals surface area contributed by atoms with Crippen LogP contribution < -0.4 is 5.32 Å². The maximum atomic E-state index is 12.4. The molecule has 1 saturated carbocycles. The van der Waals surface area contributed by atoms with E-state index in [9.17, 15) is 21.6 Å². The van der Waals surface area contributed by atoms with E-state index >= 15 is 0 Å². The Morgan fingerprint density at radius 3 is 1.76 bits per heavy atom. The van der Waals surface area contributed by atoms with Crippen LogP contribution in [0.4, 0.5) is 18.9 Å². The maximum Gasteiger partial charge on any atom is 0.501 e. The number of sulfone groups is 1. The van der Waals surface area contributed by atoms with Crippen molar-refractivity contribution in [3.8, 4) is 0 Å². The first-order valence-corrected chi connectivity index (χ1v) is 7.98. The summed E-state index contributed by atoms with van der Waals surface area (Å²) >= 11 is 0. The number of rotatable bonds is 3. The minimum absolute atomic E-state index is 0.0731. The van der Waals surface area contributed by atoms with E-state index < -0.39 is 20.2 Å². The molecule has 0 radical (unpaired) electrons. The molecule has 0 saturated heterocycles. The molecule has 0 spiro atoms. The SMILES string of the molecule is CC1(C)C(Nc2ccc(S(=O)(=O)C(F)(F)F)cc2)C1(C)C. The molecule has 0 amide bonds. The predicted molar refractivity (Wildman–Crippen MR) is 74.7 cm³/mol. The summed E-state index contributed by atoms with van der Waals surface area (Å²) in [5, 5.41) is 3.24. The average molecular weight is 321 g/mol. The molecule has 1 fully saturated rings. The fraction of sp³-hybridized carbons (Fsp3) is 0.571. The Kier molecular flexibility index (Phi) is 3.36. The van der Waals surface area contributed by atoms with Crippen molar-refractivity contribution in [2.45, 2.75) is 44.1 Å². The van der Waals surface area contributed by atoms with Crippen LogP contribution in [0.15, 0.2) is 29.2 Å². The van der Waals surface area contributed by atoms with Gasteiger partial charge in [-0.3, -0.25) is 0 Å². The van der Waals surface area contributed by atoms with Crippen molar-refractivity contribution in [1.29, 1.82) is 0 Å². The second-order valence-corrected chi connectivity index (χ2v) is 8.44. The summed E-state index contributed by atoms with van der Waals surface area (Å²) in [5.74, 6) is 0. The van der Waals surface area contributed by atoms with E-state index in [0.29, 0.717) is 5.69 Å². The number of hydrogen-bond donors (Lipinski definition) is 1. The van der Waals surface area contributed by atoms with Crippen molar-refractivity contribution in [1.82, 2.24) is 0 Å². The Bertz CT molecular complexity index is 632. The molecule has 1 aromatic rings. The summed E-state index contributed by atoms with van der Waals surface area (Å²) < 4.78 is 59.8. The highest BCUT2D eigenvalue weighted by atomic mass is 32.2. The third-order valence-corrected chi connectivity index (χ3v) is 6.30. The summed E-state index contributed by atoms with van der Waals surface area (Å²) in [4.78, 5) is -0.741. The molecule has 0 heterocycles. The molecule has 1 aliphatic rings. The number of halogens is 3. The molecule has 0 unspecified atom stereocenters. The van der Waals surface area contributed by atoms with Gasteiger partial charge in [0.15, 0.2) is 0 Å². The number of nitrogens with one attached hydrogen (secondary N) is 1. The van der Waals surface area contributed by atoms with Crippen LogP contribution in [-0.4, -0.2) is 20.0 Å². The van der Waals surface area contributed by atoms with E-state index in [4.69, 9.17) is 0 Å². The van der Waals surface area contributed by atoms with Crippen molar-refractivity contribution in [3.05, 3.63) is 24.3 Å². The van der Waals surface area contributed by atoms with Crippen LogP contribution in [0, 0.1) is 10.8 Å². The van der Waals surface area contributed by atoms with Crippen LogP contribution in [0.5, 0.6) is 0 Å². The van der Waals surface area contributed by atoms with Gasteiger partial charge < -0.3 is 5.32 Å². The first kappa shape index (κ1) is 16.1. The molecular weight excluding hydrogens is 303 g/mol. The molecule has 2 rings (SSSR count). The van der Waals surface area contributed by atoms with Crippen LogP contribution in [0.25, 0.3) is 0 Å². The van der Waals surface area contributed by atoms with Crippen LogP contribution in [-0.2, 0) is 9.84 Å². The van der Waals surface area contributed by atoms with Gasteiger partial charge in [-0.2, -0.15) is 13.2 Å². The van der Waals surface area contributed by atoms with Gasteiger partial charge in [-0.1, -0.05) is 27.7 Å². The van der Waals surface area contributed by atoms with Crippen LogP contribution in [0.1, 0.15) is 27.7 Å². The number of alkyl halides is 3. The maximum absolute atomic E-state index is 12.4. The molecule has 3 nitrogen and oxygen atoms in total. The average Bonchev–Trinajstić information content (AvgIpc) is 2.71. The predicted octanol–water partition coefficient (Wildman–Crippen LogP) is 3.83. The molecule has 0 aliphatic heterocycles. The third kappa shape index (κ3) is 2.41. The lowest BCUT2D eigenvalue weighted by atomic mass is 10.0. The van der Waals surface area contributed by atoms with E-state index in [1.54, 1.807) is 0 Å². The van der Waals surface area contributed by atoms with Gasteiger partial charge >= 0.3 is 5.51 Å². The van der Waals surface area contributed by atoms with Gasteiger partial charge in [0.2, 0.25) is 0 Å². The number of hydrogen-bond acceptors (Lipinski definition) is 3. The molecule has 21 heavy (non-hydrogen) atoms. The topological polar surface area (TPSA) is 46.2 Å². The lowest BCUT2D eigenvalue weighted by molar-refractivity contribution is -0.0436. The molecule has 7 heteroatoms. The molecule has 0 atom stereocenters. The van der Waals surface area contributed by atoms with Crippen LogP contribution >= 0.6 is 0 Å². The Morgan fingerprint density at radius 1 is 1.00 bits per heavy atom. The Morgan fingerprint density at radius 2 is 1.43 bits per heavy atom. The highest BCUT2D eigenvalue weighted by Crippen LogP contribution is 2.63. The van der Waals surface area contributed by atoms with Crippen molar-refractivity contribution in [2.24, 2.45) is 10.8 Å². The fourth-order valence-corrected chi connectivity index (χ4v) is 3.35. The molecule has 1 aromatic carbocycles. The number of benzene rings is 1. The Hall–Kier alpha value is -1.24. The summed E-state index contributed by atoms with van der Waals surface area (Å²) in [6.45, 7) is 8.42. The first-order valence-electron chi connectivity index (χ1n) is 6.50. The zero-order valence-corrected chi connectivity index (χ0v) is 13.1. The smallest absolute Gasteiger partial charge is 0.381 e. The zero-order chi connectivity index (χ0) is 16.3. The normalized spacial score (nSPS) is 21.1. The molecule has 0 bridgehead atoms. The standard InChI is InChI=1S/C14H18F3NO2S/c1-12(2)11(13(12,3)4)18-9-5-7-10(8-6-9)21(19,20)14(15,16)17/h5-8,11,18H,1-4H3. The Labute approximate surface area is 122 Å². The van der Waals surface area contributed by atoms with Crippen molar-refractivity contribution in [3.63, 3.8) is 0 Å². The van der Waals surface area contributed by atoms with E-state index in [1.165, 1.54) is 12.1 Å². The van der Waals surface area contributed by atoms with Gasteiger partial charge in [-0.15, -0.1) is 0 Å². The van der Waals surface area contributed by atoms with Gasteiger partial charge in [-0.25, -0.2) is 8.42 Å². The van der Waals surface area contributed by atoms with E-state index in [0.717, 1.165) is 12.1 Å². The highest BCUT2D eigenvalue weighted by molar-refractivity contribution is 7.92. The van der Waals surface area contributed by atoms with Crippen molar-refractivity contribution < 1.29 is 21.6 Å². The fourth-order valence-electron chi connectivity index (χ4n) is 2.59. The quantitative estimate of drug-likeness (QED) is 0.920. The molecular formula is C14H18F3NO2S. The minimum atomic E-state index is -5.28. The lowest BCUT2D eigenvalue weighted by Crippen LogP contribution is -2.23. The second-order valence-electron chi connectivity index (χ2n) is 6.49. The minimum Gasteiger partial charge on any atom is -0.381 e. The molecule has 0 aromatic heterocycles. The van der Waals surface area contributed by atoms with E-state index in [-0.39, 0.29) is 16.9 Å². The van der Waals surface area contributed by atoms with E-state index in [2.05, 4.69) is 33.0 Å². The summed E-state index contributed by atoms with van der Waals surface area (Å²) in [6, 6.07) is 4.88. The van der Waals surface area contributed by atoms with Gasteiger partial charge in [-0.05, 0) is 35.1 Å². The van der Waals surface area contributed by atoms with Gasteiger partial charge in [0.25, 0.3) is 9.84 Å². The summed E-state index contributed by atoms with van der Waals surface area (Å²) in [5.41, 5.74) is -4.52. The van der Waals surface area contributed by atoms with Gasteiger partial charge in [0.05, 0.1) is 4.90 Å². The first-order chi connectivity index (χ1) is 9.32. The largest absolute Gasteiger partial charge is 0.501 e. The molecule has 1 aliphatic carbocycles. The Balaban J connectivity index is 2.19. The summed E-state index contributed by atoms with van der Waals surface area (Å²) in [6.07, 6.45) is 0. The van der Waals surface area contributed by atoms with E-state index in [1.807, 2.05) is 0 Å². The molecule has 118 valence electrons. The van der Waals surface area contributed by atoms with Crippen molar-refractivity contribution >= 4 is 15.5 Å². The third-order valence-electron chi connectivity index (χ3n) is 4.80. The second kappa shape index (κ2) is 4.38. The van der Waals surface area contributed by atoms with Crippen LogP contribution in [0.3, 0.4) is 0 Å². The van der Waals surface area contributed by atoms with Crippen molar-refractivity contribution in [2.75, 3.05) is 5.32 Å². The summed E-state index contributed by atoms with van der Waals surface area (Å²) in [7, 11) is -5.28.